The Hall–Kier alpha value is -3.48. The predicted molar refractivity (Wildman–Crippen MR) is 135 cm³/mol. The molecule has 0 aliphatic carbocycles. The summed E-state index contributed by atoms with van der Waals surface area (Å²) in [5, 5.41) is 3.41. The number of alkyl halides is 3. The lowest BCUT2D eigenvalue weighted by Gasteiger charge is -2.20. The van der Waals surface area contributed by atoms with Crippen molar-refractivity contribution in [1.29, 1.82) is 0 Å². The molecule has 1 saturated heterocycles. The number of carbonyl (C=O) groups is 1. The highest BCUT2D eigenvalue weighted by Gasteiger charge is 2.38. The highest BCUT2D eigenvalue weighted by atomic mass is 35.5. The lowest BCUT2D eigenvalue weighted by Crippen LogP contribution is -2.33. The second kappa shape index (κ2) is 10.5. The van der Waals surface area contributed by atoms with Crippen LogP contribution in [0.25, 0.3) is 10.9 Å². The van der Waals surface area contributed by atoms with Crippen LogP contribution >= 0.6 is 11.6 Å². The van der Waals surface area contributed by atoms with E-state index in [0.29, 0.717) is 40.8 Å². The van der Waals surface area contributed by atoms with Crippen LogP contribution in [0.4, 0.5) is 29.1 Å². The molecule has 192 valence electrons. The molecule has 1 unspecified atom stereocenters. The molecule has 0 saturated carbocycles. The van der Waals surface area contributed by atoms with Crippen molar-refractivity contribution in [3.63, 3.8) is 0 Å². The zero-order valence-corrected chi connectivity index (χ0v) is 20.7. The highest BCUT2D eigenvalue weighted by Crippen LogP contribution is 2.33. The van der Waals surface area contributed by atoms with E-state index in [1.807, 2.05) is 6.92 Å². The number of hydrogen-bond donors (Lipinski definition) is 1. The Morgan fingerprint density at radius 2 is 2.11 bits per heavy atom. The third-order valence-electron chi connectivity index (χ3n) is 6.11. The number of ketones is 1. The van der Waals surface area contributed by atoms with Crippen LogP contribution in [0.15, 0.2) is 49.3 Å². The SMILES string of the molecule is C=CC(=O)Cc1cc2c(Nc3cccc(Cl)c3F)ncnc2cc1C#CC1(C)CCN(CC(F)(F)F)C1. The Morgan fingerprint density at radius 1 is 1.32 bits per heavy atom. The lowest BCUT2D eigenvalue weighted by atomic mass is 9.89. The molecule has 0 radical (unpaired) electrons. The summed E-state index contributed by atoms with van der Waals surface area (Å²) in [4.78, 5) is 22.1. The molecule has 1 N–H and O–H groups in total. The normalized spacial score (nSPS) is 17.9. The van der Waals surface area contributed by atoms with Gasteiger partial charge < -0.3 is 5.32 Å². The maximum absolute atomic E-state index is 14.5. The van der Waals surface area contributed by atoms with Crippen LogP contribution in [-0.2, 0) is 11.2 Å². The smallest absolute Gasteiger partial charge is 0.337 e. The number of benzene rings is 2. The van der Waals surface area contributed by atoms with E-state index in [0.717, 1.165) is 0 Å². The molecular weight excluding hydrogens is 508 g/mol. The zero-order valence-electron chi connectivity index (χ0n) is 19.9. The number of nitrogens with zero attached hydrogens (tertiary/aromatic N) is 3. The predicted octanol–water partition coefficient (Wildman–Crippen LogP) is 6.09. The molecule has 3 aromatic rings. The molecule has 5 nitrogen and oxygen atoms in total. The first-order valence-electron chi connectivity index (χ1n) is 11.4. The maximum atomic E-state index is 14.5. The van der Waals surface area contributed by atoms with Gasteiger partial charge in [-0.2, -0.15) is 13.2 Å². The van der Waals surface area contributed by atoms with Gasteiger partial charge in [0, 0.05) is 35.9 Å². The summed E-state index contributed by atoms with van der Waals surface area (Å²) in [6.07, 6.45) is -1.26. The van der Waals surface area contributed by atoms with Gasteiger partial charge >= 0.3 is 6.18 Å². The molecule has 2 aromatic carbocycles. The van der Waals surface area contributed by atoms with Crippen molar-refractivity contribution in [2.75, 3.05) is 25.0 Å². The molecule has 0 amide bonds. The van der Waals surface area contributed by atoms with Gasteiger partial charge in [-0.3, -0.25) is 9.69 Å². The molecule has 37 heavy (non-hydrogen) atoms. The third-order valence-corrected chi connectivity index (χ3v) is 6.40. The molecule has 10 heteroatoms. The van der Waals surface area contributed by atoms with Gasteiger partial charge in [-0.25, -0.2) is 14.4 Å². The molecule has 4 rings (SSSR count). The topological polar surface area (TPSA) is 58.1 Å². The summed E-state index contributed by atoms with van der Waals surface area (Å²) in [6.45, 7) is 4.87. The Kier molecular flexibility index (Phi) is 7.53. The summed E-state index contributed by atoms with van der Waals surface area (Å²) in [6, 6.07) is 7.94. The van der Waals surface area contributed by atoms with Crippen molar-refractivity contribution in [2.24, 2.45) is 5.41 Å². The number of likely N-dealkylation sites (tertiary alicyclic amines) is 1. The second-order valence-electron chi connectivity index (χ2n) is 9.21. The van der Waals surface area contributed by atoms with Crippen molar-refractivity contribution in [3.05, 3.63) is 71.3 Å². The van der Waals surface area contributed by atoms with Gasteiger partial charge in [-0.05, 0) is 49.2 Å². The minimum atomic E-state index is -4.27. The van der Waals surface area contributed by atoms with E-state index < -0.39 is 24.0 Å². The molecule has 1 atom stereocenters. The molecular formula is C27H23ClF4N4O. The number of fused-ring (bicyclic) bond motifs is 1. The fraction of sp³-hybridized carbons (Fsp3) is 0.296. The first kappa shape index (κ1) is 26.6. The van der Waals surface area contributed by atoms with E-state index in [9.17, 15) is 22.4 Å². The summed E-state index contributed by atoms with van der Waals surface area (Å²) in [5.41, 5.74) is 1.08. The molecule has 1 fully saturated rings. The molecule has 1 aliphatic heterocycles. The fourth-order valence-electron chi connectivity index (χ4n) is 4.26. The molecule has 2 heterocycles. The van der Waals surface area contributed by atoms with Crippen LogP contribution < -0.4 is 5.32 Å². The number of allylic oxidation sites excluding steroid dienone is 1. The van der Waals surface area contributed by atoms with Crippen LogP contribution in [0.1, 0.15) is 24.5 Å². The number of carbonyl (C=O) groups excluding carboxylic acids is 1. The Morgan fingerprint density at radius 3 is 2.84 bits per heavy atom. The van der Waals surface area contributed by atoms with Crippen molar-refractivity contribution in [2.45, 2.75) is 25.9 Å². The number of anilines is 2. The van der Waals surface area contributed by atoms with Crippen LogP contribution in [-0.4, -0.2) is 46.5 Å². The van der Waals surface area contributed by atoms with Gasteiger partial charge in [0.2, 0.25) is 0 Å². The minimum Gasteiger partial charge on any atom is -0.337 e. The first-order valence-corrected chi connectivity index (χ1v) is 11.8. The number of nitrogens with one attached hydrogen (secondary N) is 1. The monoisotopic (exact) mass is 530 g/mol. The van der Waals surface area contributed by atoms with Crippen molar-refractivity contribution >= 4 is 39.8 Å². The first-order chi connectivity index (χ1) is 17.5. The van der Waals surface area contributed by atoms with Crippen LogP contribution in [0.3, 0.4) is 0 Å². The van der Waals surface area contributed by atoms with E-state index in [4.69, 9.17) is 11.6 Å². The summed E-state index contributed by atoms with van der Waals surface area (Å²) in [7, 11) is 0. The van der Waals surface area contributed by atoms with Crippen molar-refractivity contribution in [3.8, 4) is 11.8 Å². The lowest BCUT2D eigenvalue weighted by molar-refractivity contribution is -0.144. The summed E-state index contributed by atoms with van der Waals surface area (Å²) < 4.78 is 52.9. The average molecular weight is 531 g/mol. The number of halogens is 5. The largest absolute Gasteiger partial charge is 0.401 e. The minimum absolute atomic E-state index is 0.000225. The molecule has 0 spiro atoms. The Balaban J connectivity index is 1.72. The molecule has 1 aliphatic rings. The molecule has 0 bridgehead atoms. The fourth-order valence-corrected chi connectivity index (χ4v) is 4.44. The van der Waals surface area contributed by atoms with Gasteiger partial charge in [0.25, 0.3) is 0 Å². The van der Waals surface area contributed by atoms with Gasteiger partial charge in [0.05, 0.1) is 22.8 Å². The summed E-state index contributed by atoms with van der Waals surface area (Å²) in [5.74, 6) is 5.66. The summed E-state index contributed by atoms with van der Waals surface area (Å²) >= 11 is 5.89. The van der Waals surface area contributed by atoms with E-state index in [1.54, 1.807) is 18.2 Å². The van der Waals surface area contributed by atoms with Crippen LogP contribution in [0, 0.1) is 23.1 Å². The zero-order chi connectivity index (χ0) is 26.8. The highest BCUT2D eigenvalue weighted by molar-refractivity contribution is 6.31. The van der Waals surface area contributed by atoms with E-state index >= 15 is 0 Å². The van der Waals surface area contributed by atoms with Gasteiger partial charge in [-0.15, -0.1) is 0 Å². The van der Waals surface area contributed by atoms with Crippen LogP contribution in [0.2, 0.25) is 5.02 Å². The van der Waals surface area contributed by atoms with Gasteiger partial charge in [0.1, 0.15) is 12.1 Å². The average Bonchev–Trinajstić information content (AvgIpc) is 3.19. The number of hydrogen-bond acceptors (Lipinski definition) is 5. The second-order valence-corrected chi connectivity index (χ2v) is 9.62. The van der Waals surface area contributed by atoms with E-state index in [2.05, 4.69) is 33.7 Å². The Labute approximate surface area is 216 Å². The van der Waals surface area contributed by atoms with Crippen LogP contribution in [0.5, 0.6) is 0 Å². The van der Waals surface area contributed by atoms with E-state index in [1.165, 1.54) is 29.4 Å². The Bertz CT molecular complexity index is 1430. The van der Waals surface area contributed by atoms with Gasteiger partial charge in [0.15, 0.2) is 11.6 Å². The third kappa shape index (κ3) is 6.45. The van der Waals surface area contributed by atoms with Crippen molar-refractivity contribution < 1.29 is 22.4 Å². The van der Waals surface area contributed by atoms with Crippen molar-refractivity contribution in [1.82, 2.24) is 14.9 Å². The van der Waals surface area contributed by atoms with E-state index in [-0.39, 0.29) is 29.5 Å². The number of aromatic nitrogens is 2. The molecule has 1 aromatic heterocycles. The maximum Gasteiger partial charge on any atom is 0.401 e. The standard InChI is InChI=1S/C27H23ClF4N4O/c1-3-19(37)11-18-12-20-23(33-16-34-25(20)35-22-6-4-5-21(28)24(22)29)13-17(18)7-8-26(2)9-10-36(14-26)15-27(30,31)32/h3-6,12-13,16H,1,9-11,14-15H2,2H3,(H,33,34,35). The quantitative estimate of drug-likeness (QED) is 0.237. The number of rotatable bonds is 6. The van der Waals surface area contributed by atoms with Gasteiger partial charge in [-0.1, -0.05) is 36.1 Å².